The van der Waals surface area contributed by atoms with Crippen molar-refractivity contribution in [2.24, 2.45) is 0 Å². The number of ether oxygens (including phenoxy) is 2. The minimum atomic E-state index is -5.40. The summed E-state index contributed by atoms with van der Waals surface area (Å²) in [6.45, 7) is -3.53. The monoisotopic (exact) mass is 424 g/mol. The lowest BCUT2D eigenvalue weighted by Crippen LogP contribution is -2.36. The standard InChI is InChI=1S/C9H9F12O3P/c10-6(11,12)3-8(16,17)22-1-5(24-25(20)21)2-23-9(18,19)4-7(13,14)15/h5H,1-4H2. The van der Waals surface area contributed by atoms with Gasteiger partial charge >= 0.3 is 33.3 Å². The van der Waals surface area contributed by atoms with Crippen LogP contribution in [0.25, 0.3) is 0 Å². The Kier molecular flexibility index (Phi) is 8.72. The number of alkyl halides is 10. The zero-order valence-electron chi connectivity index (χ0n) is 11.6. The van der Waals surface area contributed by atoms with Crippen LogP contribution in [0.4, 0.5) is 52.3 Å². The third kappa shape index (κ3) is 14.3. The number of hydrogen-bond acceptors (Lipinski definition) is 3. The van der Waals surface area contributed by atoms with Crippen LogP contribution in [0.3, 0.4) is 0 Å². The lowest BCUT2D eigenvalue weighted by molar-refractivity contribution is -0.311. The molecule has 0 saturated heterocycles. The first kappa shape index (κ1) is 24.5. The van der Waals surface area contributed by atoms with Crippen LogP contribution >= 0.6 is 8.77 Å². The van der Waals surface area contributed by atoms with Crippen molar-refractivity contribution >= 4 is 8.77 Å². The van der Waals surface area contributed by atoms with E-state index >= 15 is 0 Å². The summed E-state index contributed by atoms with van der Waals surface area (Å²) in [5, 5.41) is 0. The van der Waals surface area contributed by atoms with E-state index in [0.29, 0.717) is 0 Å². The van der Waals surface area contributed by atoms with Crippen molar-refractivity contribution in [3.8, 4) is 0 Å². The van der Waals surface area contributed by atoms with Gasteiger partial charge in [0, 0.05) is 0 Å². The minimum Gasteiger partial charge on any atom is -0.317 e. The lowest BCUT2D eigenvalue weighted by Gasteiger charge is -2.24. The fraction of sp³-hybridized carbons (Fsp3) is 1.00. The number of hydrogen-bond donors (Lipinski definition) is 0. The molecule has 0 aliphatic heterocycles. The second-order valence-corrected chi connectivity index (χ2v) is 5.02. The van der Waals surface area contributed by atoms with Crippen LogP contribution < -0.4 is 0 Å². The van der Waals surface area contributed by atoms with Crippen molar-refractivity contribution in [3.63, 3.8) is 0 Å². The summed E-state index contributed by atoms with van der Waals surface area (Å²) >= 11 is 0. The van der Waals surface area contributed by atoms with Crippen molar-refractivity contribution in [2.75, 3.05) is 13.2 Å². The van der Waals surface area contributed by atoms with E-state index in [-0.39, 0.29) is 0 Å². The zero-order valence-corrected chi connectivity index (χ0v) is 12.5. The largest absolute Gasteiger partial charge is 0.415 e. The molecule has 25 heavy (non-hydrogen) atoms. The average molecular weight is 424 g/mol. The first-order valence-corrected chi connectivity index (χ1v) is 6.90. The third-order valence-electron chi connectivity index (χ3n) is 2.00. The molecule has 0 atom stereocenters. The molecule has 0 heterocycles. The van der Waals surface area contributed by atoms with E-state index in [9.17, 15) is 52.3 Å². The highest BCUT2D eigenvalue weighted by Crippen LogP contribution is 2.42. The Bertz CT molecular complexity index is 364. The van der Waals surface area contributed by atoms with Gasteiger partial charge in [0.2, 0.25) is 0 Å². The van der Waals surface area contributed by atoms with Crippen LogP contribution in [0.2, 0.25) is 0 Å². The van der Waals surface area contributed by atoms with Gasteiger partial charge in [0.05, 0.1) is 13.2 Å². The van der Waals surface area contributed by atoms with Crippen LogP contribution in [-0.4, -0.2) is 43.9 Å². The van der Waals surface area contributed by atoms with Crippen LogP contribution in [0.1, 0.15) is 12.8 Å². The van der Waals surface area contributed by atoms with Crippen LogP contribution in [0.15, 0.2) is 0 Å². The molecule has 0 aromatic heterocycles. The molecule has 0 bridgehead atoms. The van der Waals surface area contributed by atoms with Gasteiger partial charge in [-0.25, -0.2) is 0 Å². The number of halogens is 12. The molecular weight excluding hydrogens is 415 g/mol. The Labute approximate surface area is 133 Å². The van der Waals surface area contributed by atoms with Gasteiger partial charge < -0.3 is 9.47 Å². The fourth-order valence-corrected chi connectivity index (χ4v) is 1.57. The molecule has 0 radical (unpaired) electrons. The van der Waals surface area contributed by atoms with E-state index in [1.54, 1.807) is 0 Å². The zero-order chi connectivity index (χ0) is 20.1. The maximum Gasteiger partial charge on any atom is 0.415 e. The van der Waals surface area contributed by atoms with Gasteiger partial charge in [0.15, 0.2) is 0 Å². The molecule has 0 saturated carbocycles. The summed E-state index contributed by atoms with van der Waals surface area (Å²) in [5.74, 6) is 0. The van der Waals surface area contributed by atoms with Crippen molar-refractivity contribution in [1.82, 2.24) is 0 Å². The Morgan fingerprint density at radius 2 is 0.960 bits per heavy atom. The summed E-state index contributed by atoms with van der Waals surface area (Å²) in [6.07, 6.45) is -28.7. The van der Waals surface area contributed by atoms with Gasteiger partial charge in [-0.15, -0.1) is 0 Å². The third-order valence-corrected chi connectivity index (χ3v) is 2.46. The summed E-state index contributed by atoms with van der Waals surface area (Å²) in [7, 11) is -4.38. The Hall–Kier alpha value is -0.530. The molecule has 0 rings (SSSR count). The fourth-order valence-electron chi connectivity index (χ4n) is 1.22. The van der Waals surface area contributed by atoms with Gasteiger partial charge in [-0.3, -0.25) is 4.52 Å². The van der Waals surface area contributed by atoms with E-state index in [0.717, 1.165) is 0 Å². The molecule has 0 fully saturated rings. The van der Waals surface area contributed by atoms with Crippen LogP contribution in [-0.2, 0) is 14.0 Å². The normalized spacial score (nSPS) is 14.6. The molecule has 3 nitrogen and oxygen atoms in total. The second-order valence-electron chi connectivity index (χ2n) is 4.41. The summed E-state index contributed by atoms with van der Waals surface area (Å²) in [4.78, 5) is 0. The number of rotatable bonds is 10. The van der Waals surface area contributed by atoms with Crippen molar-refractivity contribution < 1.29 is 66.3 Å². The SMILES string of the molecule is FP(F)OC(COC(F)(F)CC(F)(F)F)COC(F)(F)CC(F)(F)F. The van der Waals surface area contributed by atoms with E-state index in [4.69, 9.17) is 0 Å². The highest BCUT2D eigenvalue weighted by atomic mass is 31.2. The van der Waals surface area contributed by atoms with Crippen LogP contribution in [0.5, 0.6) is 0 Å². The molecule has 0 N–H and O–H groups in total. The maximum atomic E-state index is 12.8. The van der Waals surface area contributed by atoms with Gasteiger partial charge in [0.1, 0.15) is 18.9 Å². The Morgan fingerprint density at radius 1 is 0.640 bits per heavy atom. The molecule has 0 aliphatic carbocycles. The maximum absolute atomic E-state index is 12.8. The molecule has 16 heteroatoms. The first-order chi connectivity index (χ1) is 10.9. The Morgan fingerprint density at radius 3 is 1.20 bits per heavy atom. The molecule has 0 aromatic rings. The van der Waals surface area contributed by atoms with Crippen molar-refractivity contribution in [3.05, 3.63) is 0 Å². The van der Waals surface area contributed by atoms with Crippen LogP contribution in [0, 0.1) is 0 Å². The molecule has 0 amide bonds. The predicted molar refractivity (Wildman–Crippen MR) is 57.2 cm³/mol. The average Bonchev–Trinajstić information content (AvgIpc) is 2.26. The highest BCUT2D eigenvalue weighted by molar-refractivity contribution is 7.40. The molecule has 0 spiro atoms. The summed E-state index contributed by atoms with van der Waals surface area (Å²) < 4.78 is 156. The lowest BCUT2D eigenvalue weighted by atomic mass is 10.3. The van der Waals surface area contributed by atoms with E-state index in [2.05, 4.69) is 14.0 Å². The van der Waals surface area contributed by atoms with Gasteiger partial charge in [-0.1, -0.05) is 0 Å². The molecular formula is C9H9F12O3P. The van der Waals surface area contributed by atoms with Gasteiger partial charge in [0.25, 0.3) is 0 Å². The van der Waals surface area contributed by atoms with Gasteiger partial charge in [-0.05, 0) is 0 Å². The van der Waals surface area contributed by atoms with Gasteiger partial charge in [-0.2, -0.15) is 52.3 Å². The minimum absolute atomic E-state index is 1.77. The molecule has 152 valence electrons. The summed E-state index contributed by atoms with van der Waals surface area (Å²) in [6, 6.07) is 0. The van der Waals surface area contributed by atoms with E-state index in [1.807, 2.05) is 0 Å². The van der Waals surface area contributed by atoms with E-state index in [1.165, 1.54) is 0 Å². The predicted octanol–water partition coefficient (Wildman–Crippen LogP) is 5.66. The topological polar surface area (TPSA) is 27.7 Å². The smallest absolute Gasteiger partial charge is 0.317 e. The molecule has 0 aliphatic rings. The Balaban J connectivity index is 4.70. The first-order valence-electron chi connectivity index (χ1n) is 5.86. The van der Waals surface area contributed by atoms with E-state index < -0.39 is 65.5 Å². The van der Waals surface area contributed by atoms with Crippen molar-refractivity contribution in [2.45, 2.75) is 43.5 Å². The molecule has 0 aromatic carbocycles. The quantitative estimate of drug-likeness (QED) is 0.335. The van der Waals surface area contributed by atoms with Crippen molar-refractivity contribution in [1.29, 1.82) is 0 Å². The molecule has 0 unspecified atom stereocenters. The highest BCUT2D eigenvalue weighted by Gasteiger charge is 2.47. The second kappa shape index (κ2) is 8.91. The summed E-state index contributed by atoms with van der Waals surface area (Å²) in [5.41, 5.74) is 0.